The quantitative estimate of drug-likeness (QED) is 0.114. The van der Waals surface area contributed by atoms with Crippen molar-refractivity contribution in [2.45, 2.75) is 19.3 Å². The van der Waals surface area contributed by atoms with Crippen molar-refractivity contribution >= 4 is 23.5 Å². The fourth-order valence-electron chi connectivity index (χ4n) is 7.46. The molecule has 14 nitrogen and oxygen atoms in total. The second kappa shape index (κ2) is 17.6. The van der Waals surface area contributed by atoms with Gasteiger partial charge in [-0.1, -0.05) is 24.3 Å². The summed E-state index contributed by atoms with van der Waals surface area (Å²) in [6.07, 6.45) is -4.31. The van der Waals surface area contributed by atoms with E-state index >= 15 is 8.78 Å². The van der Waals surface area contributed by atoms with Gasteiger partial charge >= 0.3 is 12.4 Å². The molecule has 0 aliphatic carbocycles. The van der Waals surface area contributed by atoms with Crippen molar-refractivity contribution in [1.82, 2.24) is 49.3 Å². The Kier molecular flexibility index (Phi) is 11.7. The Bertz CT molecular complexity index is 3450. The molecule has 5 aromatic heterocycles. The van der Waals surface area contributed by atoms with Gasteiger partial charge in [-0.05, 0) is 73.2 Å². The van der Waals surface area contributed by atoms with E-state index in [1.165, 1.54) is 76.1 Å². The summed E-state index contributed by atoms with van der Waals surface area (Å²) < 4.78 is 132. The SMILES string of the molecule is Cc1nc(-c2ccc(-c3cnc(-c4cc(NC(=O)c5cc(-c6cc[nH]n6)c(C(F)(F)F)cc5F)n(-c5ccc(F)cc5)n4)nc3)cc2)c(NC(=O)c2cc(-c3ccn(C)n3)c(C(F)(F)F)cc2F)n1C. The first kappa shape index (κ1) is 46.2. The first-order valence-electron chi connectivity index (χ1n) is 20.5. The van der Waals surface area contributed by atoms with E-state index in [-0.39, 0.29) is 58.1 Å². The molecule has 9 rings (SSSR count). The Morgan fingerprint density at radius 2 is 1.23 bits per heavy atom. The molecular weight excluding hydrogens is 936 g/mol. The van der Waals surface area contributed by atoms with Gasteiger partial charge in [-0.25, -0.2) is 32.8 Å². The zero-order chi connectivity index (χ0) is 49.8. The first-order chi connectivity index (χ1) is 33.2. The highest BCUT2D eigenvalue weighted by Crippen LogP contribution is 2.40. The zero-order valence-electron chi connectivity index (χ0n) is 36.2. The number of carbonyl (C=O) groups is 2. The number of rotatable bonds is 10. The van der Waals surface area contributed by atoms with Gasteiger partial charge in [0.05, 0.1) is 39.3 Å². The predicted molar refractivity (Wildman–Crippen MR) is 235 cm³/mol. The molecule has 23 heteroatoms. The molecule has 0 atom stereocenters. The number of benzene rings is 4. The van der Waals surface area contributed by atoms with Crippen LogP contribution in [0.2, 0.25) is 0 Å². The Balaban J connectivity index is 0.975. The Labute approximate surface area is 388 Å². The molecule has 3 N–H and O–H groups in total. The minimum atomic E-state index is -4.98. The highest BCUT2D eigenvalue weighted by atomic mass is 19.4. The van der Waals surface area contributed by atoms with Crippen LogP contribution in [0.15, 0.2) is 116 Å². The van der Waals surface area contributed by atoms with Crippen LogP contribution in [0.1, 0.15) is 37.7 Å². The Morgan fingerprint density at radius 3 is 1.79 bits per heavy atom. The van der Waals surface area contributed by atoms with Crippen LogP contribution in [0.25, 0.3) is 62.1 Å². The number of nitrogens with zero attached hydrogens (tertiary/aromatic N) is 9. The number of aryl methyl sites for hydroxylation is 2. The molecule has 4 aromatic carbocycles. The minimum Gasteiger partial charge on any atom is -0.318 e. The van der Waals surface area contributed by atoms with Gasteiger partial charge in [0.15, 0.2) is 5.82 Å². The molecule has 0 aliphatic rings. The lowest BCUT2D eigenvalue weighted by Crippen LogP contribution is -2.18. The van der Waals surface area contributed by atoms with Crippen LogP contribution in [-0.4, -0.2) is 61.1 Å². The number of aromatic amines is 1. The van der Waals surface area contributed by atoms with E-state index in [0.29, 0.717) is 22.5 Å². The van der Waals surface area contributed by atoms with Crippen molar-refractivity contribution < 1.29 is 49.1 Å². The third-order valence-electron chi connectivity index (χ3n) is 11.0. The summed E-state index contributed by atoms with van der Waals surface area (Å²) in [5.41, 5.74) is -3.19. The summed E-state index contributed by atoms with van der Waals surface area (Å²) in [4.78, 5) is 40.7. The molecule has 354 valence electrons. The standard InChI is InChI=1S/C47H31F9N12O2/c1-23-60-41(43(67(23)3)62-45(70)32-17-30(38-13-15-66(2)64-38)34(19-36(32)50)47(54,55)56)25-6-4-24(5-7-25)26-21-57-42(58-22-26)39-20-40(68(65-39)28-10-8-27(48)9-11-28)61-44(69)31-16-29(37-12-14-59-63-37)33(18-35(31)49)46(51,52)53/h4-22H,1-3H3,(H,59,63)(H,61,69)(H,62,70). The van der Waals surface area contributed by atoms with Crippen LogP contribution in [0.4, 0.5) is 51.1 Å². The van der Waals surface area contributed by atoms with Gasteiger partial charge in [0.2, 0.25) is 0 Å². The van der Waals surface area contributed by atoms with Gasteiger partial charge in [-0.2, -0.15) is 41.6 Å². The lowest BCUT2D eigenvalue weighted by molar-refractivity contribution is -0.138. The van der Waals surface area contributed by atoms with Gasteiger partial charge < -0.3 is 15.2 Å². The number of anilines is 2. The second-order valence-electron chi connectivity index (χ2n) is 15.6. The number of aromatic nitrogens is 10. The number of alkyl halides is 6. The average Bonchev–Trinajstić information content (AvgIpc) is 4.15. The van der Waals surface area contributed by atoms with Gasteiger partial charge in [0.25, 0.3) is 11.8 Å². The van der Waals surface area contributed by atoms with E-state index < -0.39 is 75.0 Å². The number of imidazole rings is 1. The molecule has 0 unspecified atom stereocenters. The van der Waals surface area contributed by atoms with Crippen LogP contribution >= 0.6 is 0 Å². The predicted octanol–water partition coefficient (Wildman–Crippen LogP) is 10.5. The number of amides is 2. The fourth-order valence-corrected chi connectivity index (χ4v) is 7.46. The molecular formula is C47H31F9N12O2. The topological polar surface area (TPSA) is 166 Å². The number of H-pyrrole nitrogens is 1. The molecule has 9 aromatic rings. The normalized spacial score (nSPS) is 11.8. The summed E-state index contributed by atoms with van der Waals surface area (Å²) in [6.45, 7) is 1.65. The summed E-state index contributed by atoms with van der Waals surface area (Å²) in [5.74, 6) is -5.12. The monoisotopic (exact) mass is 966 g/mol. The molecule has 0 spiro atoms. The molecule has 70 heavy (non-hydrogen) atoms. The fraction of sp³-hybridized carbons (Fsp3) is 0.106. The number of nitrogens with one attached hydrogen (secondary N) is 3. The summed E-state index contributed by atoms with van der Waals surface area (Å²) >= 11 is 0. The Hall–Kier alpha value is -8.89. The average molecular weight is 967 g/mol. The van der Waals surface area contributed by atoms with Crippen LogP contribution in [-0.2, 0) is 26.4 Å². The third-order valence-corrected chi connectivity index (χ3v) is 11.0. The lowest BCUT2D eigenvalue weighted by atomic mass is 9.99. The maximum Gasteiger partial charge on any atom is 0.417 e. The molecule has 2 amide bonds. The second-order valence-corrected chi connectivity index (χ2v) is 15.6. The van der Waals surface area contributed by atoms with Crippen LogP contribution in [0.5, 0.6) is 0 Å². The maximum atomic E-state index is 15.3. The molecule has 0 saturated carbocycles. The van der Waals surface area contributed by atoms with Gasteiger partial charge in [0.1, 0.15) is 46.3 Å². The molecule has 0 radical (unpaired) electrons. The van der Waals surface area contributed by atoms with Crippen molar-refractivity contribution in [2.75, 3.05) is 10.6 Å². The van der Waals surface area contributed by atoms with E-state index in [2.05, 4.69) is 46.0 Å². The number of hydrogen-bond donors (Lipinski definition) is 3. The van der Waals surface area contributed by atoms with Crippen LogP contribution < -0.4 is 10.6 Å². The molecule has 0 fully saturated rings. The van der Waals surface area contributed by atoms with Crippen molar-refractivity contribution in [3.05, 3.63) is 161 Å². The maximum absolute atomic E-state index is 15.3. The van der Waals surface area contributed by atoms with E-state index in [0.717, 1.165) is 24.3 Å². The largest absolute Gasteiger partial charge is 0.417 e. The van der Waals surface area contributed by atoms with E-state index in [1.54, 1.807) is 38.2 Å². The minimum absolute atomic E-state index is 0.0410. The molecule has 5 heterocycles. The molecule has 0 aliphatic heterocycles. The van der Waals surface area contributed by atoms with Crippen LogP contribution in [0.3, 0.4) is 0 Å². The van der Waals surface area contributed by atoms with E-state index in [9.17, 15) is 40.3 Å². The first-order valence-corrected chi connectivity index (χ1v) is 20.5. The summed E-state index contributed by atoms with van der Waals surface area (Å²) in [7, 11) is 3.09. The van der Waals surface area contributed by atoms with E-state index in [1.807, 2.05) is 0 Å². The highest BCUT2D eigenvalue weighted by Gasteiger charge is 2.38. The smallest absolute Gasteiger partial charge is 0.318 e. The van der Waals surface area contributed by atoms with Crippen LogP contribution in [0, 0.1) is 24.4 Å². The van der Waals surface area contributed by atoms with Crippen molar-refractivity contribution in [3.8, 4) is 62.1 Å². The van der Waals surface area contributed by atoms with Gasteiger partial charge in [0, 0.05) is 67.2 Å². The number of hydrogen-bond acceptors (Lipinski definition) is 8. The highest BCUT2D eigenvalue weighted by molar-refractivity contribution is 6.07. The summed E-state index contributed by atoms with van der Waals surface area (Å²) in [6, 6.07) is 17.6. The van der Waals surface area contributed by atoms with Crippen molar-refractivity contribution in [2.24, 2.45) is 14.1 Å². The number of carbonyl (C=O) groups excluding carboxylic acids is 2. The summed E-state index contributed by atoms with van der Waals surface area (Å²) in [5, 5.41) is 19.8. The zero-order valence-corrected chi connectivity index (χ0v) is 36.2. The lowest BCUT2D eigenvalue weighted by Gasteiger charge is -2.15. The van der Waals surface area contributed by atoms with Crippen molar-refractivity contribution in [3.63, 3.8) is 0 Å². The number of halogens is 9. The van der Waals surface area contributed by atoms with Gasteiger partial charge in [-0.15, -0.1) is 0 Å². The molecule has 0 bridgehead atoms. The third kappa shape index (κ3) is 8.98. The molecule has 0 saturated heterocycles. The van der Waals surface area contributed by atoms with E-state index in [4.69, 9.17) is 0 Å². The Morgan fingerprint density at radius 1 is 0.643 bits per heavy atom. The van der Waals surface area contributed by atoms with Gasteiger partial charge in [-0.3, -0.25) is 19.4 Å². The van der Waals surface area contributed by atoms with Crippen molar-refractivity contribution in [1.29, 1.82) is 0 Å².